The summed E-state index contributed by atoms with van der Waals surface area (Å²) in [5.74, 6) is -0.894. The molecule has 3 nitrogen and oxygen atoms in total. The summed E-state index contributed by atoms with van der Waals surface area (Å²) in [5.41, 5.74) is 7.45. The van der Waals surface area contributed by atoms with Crippen molar-refractivity contribution in [1.29, 1.82) is 0 Å². The van der Waals surface area contributed by atoms with Crippen LogP contribution in [0.5, 0.6) is 0 Å². The molecule has 0 bridgehead atoms. The highest BCUT2D eigenvalue weighted by atomic mass is 35.5. The van der Waals surface area contributed by atoms with E-state index in [2.05, 4.69) is 5.32 Å². The van der Waals surface area contributed by atoms with Crippen molar-refractivity contribution in [2.45, 2.75) is 6.54 Å². The Balaban J connectivity index is 2.05. The molecule has 2 aromatic rings. The van der Waals surface area contributed by atoms with Crippen molar-refractivity contribution in [2.75, 3.05) is 0 Å². The van der Waals surface area contributed by atoms with E-state index in [-0.39, 0.29) is 10.9 Å². The normalized spacial score (nSPS) is 10.2. The van der Waals surface area contributed by atoms with Crippen molar-refractivity contribution in [2.24, 2.45) is 5.73 Å². The summed E-state index contributed by atoms with van der Waals surface area (Å²) in [7, 11) is 0. The molecule has 2 rings (SSSR count). The van der Waals surface area contributed by atoms with E-state index < -0.39 is 5.82 Å². The Morgan fingerprint density at radius 1 is 1.24 bits per heavy atom. The molecule has 0 fully saturated rings. The van der Waals surface area contributed by atoms with Crippen LogP contribution in [-0.2, 0) is 6.54 Å². The van der Waals surface area contributed by atoms with Gasteiger partial charge in [0.15, 0.2) is 0 Å². The Morgan fingerprint density at radius 3 is 2.67 bits per heavy atom. The number of amides is 1. The molecule has 1 amide bonds. The zero-order valence-electron chi connectivity index (χ0n) is 10.9. The predicted molar refractivity (Wildman–Crippen MR) is 84.9 cm³/mol. The van der Waals surface area contributed by atoms with E-state index in [4.69, 9.17) is 29.6 Å². The summed E-state index contributed by atoms with van der Waals surface area (Å²) in [5, 5.41) is 2.64. The van der Waals surface area contributed by atoms with Gasteiger partial charge in [-0.2, -0.15) is 0 Å². The molecule has 3 N–H and O–H groups in total. The van der Waals surface area contributed by atoms with Crippen LogP contribution in [0.15, 0.2) is 42.5 Å². The molecule has 0 saturated carbocycles. The van der Waals surface area contributed by atoms with Crippen LogP contribution in [0.4, 0.5) is 4.39 Å². The van der Waals surface area contributed by atoms with Gasteiger partial charge in [0.1, 0.15) is 10.8 Å². The van der Waals surface area contributed by atoms with Gasteiger partial charge in [-0.15, -0.1) is 0 Å². The maximum atomic E-state index is 13.0. The van der Waals surface area contributed by atoms with Gasteiger partial charge in [0.25, 0.3) is 5.91 Å². The molecular weight excluding hydrogens is 311 g/mol. The van der Waals surface area contributed by atoms with Gasteiger partial charge >= 0.3 is 0 Å². The highest BCUT2D eigenvalue weighted by Gasteiger charge is 2.08. The van der Waals surface area contributed by atoms with Crippen LogP contribution in [0.3, 0.4) is 0 Å². The first kappa shape index (κ1) is 15.4. The third kappa shape index (κ3) is 4.00. The Kier molecular flexibility index (Phi) is 4.88. The highest BCUT2D eigenvalue weighted by Crippen LogP contribution is 2.16. The summed E-state index contributed by atoms with van der Waals surface area (Å²) < 4.78 is 13.0. The van der Waals surface area contributed by atoms with Crippen molar-refractivity contribution in [1.82, 2.24) is 5.32 Å². The van der Waals surface area contributed by atoms with Crippen LogP contribution in [0.1, 0.15) is 21.5 Å². The van der Waals surface area contributed by atoms with Crippen LogP contribution in [0.25, 0.3) is 0 Å². The number of hydrogen-bond acceptors (Lipinski definition) is 2. The molecule has 0 aromatic heterocycles. The largest absolute Gasteiger partial charge is 0.389 e. The summed E-state index contributed by atoms with van der Waals surface area (Å²) in [6.45, 7) is 0.310. The molecule has 0 aliphatic rings. The number of benzene rings is 2. The molecule has 0 unspecified atom stereocenters. The third-order valence-corrected chi connectivity index (χ3v) is 3.37. The standard InChI is InChI=1S/C15H12ClFN2OS/c16-12-7-11(4-5-13(12)17)15(20)19-8-9-2-1-3-10(6-9)14(18)21/h1-7H,8H2,(H2,18,21)(H,19,20). The molecule has 0 saturated heterocycles. The van der Waals surface area contributed by atoms with E-state index in [1.807, 2.05) is 12.1 Å². The quantitative estimate of drug-likeness (QED) is 0.851. The summed E-state index contributed by atoms with van der Waals surface area (Å²) >= 11 is 10.5. The second-order valence-electron chi connectivity index (χ2n) is 4.38. The van der Waals surface area contributed by atoms with Crippen molar-refractivity contribution >= 4 is 34.7 Å². The topological polar surface area (TPSA) is 55.1 Å². The van der Waals surface area contributed by atoms with E-state index in [1.165, 1.54) is 12.1 Å². The number of hydrogen-bond donors (Lipinski definition) is 2. The first-order chi connectivity index (χ1) is 9.97. The minimum absolute atomic E-state index is 0.0851. The summed E-state index contributed by atoms with van der Waals surface area (Å²) in [4.78, 5) is 12.3. The van der Waals surface area contributed by atoms with E-state index >= 15 is 0 Å². The lowest BCUT2D eigenvalue weighted by Gasteiger charge is -2.07. The Morgan fingerprint density at radius 2 is 2.00 bits per heavy atom. The van der Waals surface area contributed by atoms with Gasteiger partial charge in [0.05, 0.1) is 5.02 Å². The average Bonchev–Trinajstić information content (AvgIpc) is 2.48. The number of halogens is 2. The Bertz CT molecular complexity index is 706. The molecule has 0 aliphatic heterocycles. The second kappa shape index (κ2) is 6.65. The van der Waals surface area contributed by atoms with Gasteiger partial charge in [-0.1, -0.05) is 42.0 Å². The van der Waals surface area contributed by atoms with Gasteiger partial charge in [0, 0.05) is 17.7 Å². The molecule has 0 aliphatic carbocycles. The van der Waals surface area contributed by atoms with E-state index in [1.54, 1.807) is 12.1 Å². The number of nitrogens with two attached hydrogens (primary N) is 1. The fraction of sp³-hybridized carbons (Fsp3) is 0.0667. The molecule has 21 heavy (non-hydrogen) atoms. The molecule has 0 radical (unpaired) electrons. The zero-order valence-corrected chi connectivity index (χ0v) is 12.5. The van der Waals surface area contributed by atoms with E-state index in [9.17, 15) is 9.18 Å². The van der Waals surface area contributed by atoms with E-state index in [0.29, 0.717) is 17.1 Å². The molecule has 0 atom stereocenters. The van der Waals surface area contributed by atoms with Crippen molar-refractivity contribution in [3.63, 3.8) is 0 Å². The van der Waals surface area contributed by atoms with Crippen molar-refractivity contribution < 1.29 is 9.18 Å². The van der Waals surface area contributed by atoms with Gasteiger partial charge in [-0.3, -0.25) is 4.79 Å². The first-order valence-corrected chi connectivity index (χ1v) is 6.88. The van der Waals surface area contributed by atoms with Gasteiger partial charge in [-0.05, 0) is 29.8 Å². The Labute approximate surface area is 131 Å². The SMILES string of the molecule is NC(=S)c1cccc(CNC(=O)c2ccc(F)c(Cl)c2)c1. The van der Waals surface area contributed by atoms with Crippen LogP contribution in [-0.4, -0.2) is 10.9 Å². The lowest BCUT2D eigenvalue weighted by molar-refractivity contribution is 0.0951. The lowest BCUT2D eigenvalue weighted by atomic mass is 10.1. The Hall–Kier alpha value is -1.98. The molecule has 0 heterocycles. The minimum Gasteiger partial charge on any atom is -0.389 e. The monoisotopic (exact) mass is 322 g/mol. The summed E-state index contributed by atoms with van der Waals surface area (Å²) in [6, 6.07) is 11.1. The lowest BCUT2D eigenvalue weighted by Crippen LogP contribution is -2.23. The highest BCUT2D eigenvalue weighted by molar-refractivity contribution is 7.80. The molecule has 6 heteroatoms. The molecular formula is C15H12ClFN2OS. The molecule has 2 aromatic carbocycles. The van der Waals surface area contributed by atoms with E-state index in [0.717, 1.165) is 17.2 Å². The maximum Gasteiger partial charge on any atom is 0.251 e. The number of carbonyl (C=O) groups is 1. The van der Waals surface area contributed by atoms with Gasteiger partial charge in [0.2, 0.25) is 0 Å². The smallest absolute Gasteiger partial charge is 0.251 e. The number of carbonyl (C=O) groups excluding carboxylic acids is 1. The first-order valence-electron chi connectivity index (χ1n) is 6.09. The fourth-order valence-electron chi connectivity index (χ4n) is 1.76. The minimum atomic E-state index is -0.558. The van der Waals surface area contributed by atoms with Crippen LogP contribution < -0.4 is 11.1 Å². The van der Waals surface area contributed by atoms with Gasteiger partial charge < -0.3 is 11.1 Å². The zero-order chi connectivity index (χ0) is 15.4. The van der Waals surface area contributed by atoms with Gasteiger partial charge in [-0.25, -0.2) is 4.39 Å². The fourth-order valence-corrected chi connectivity index (χ4v) is 2.06. The predicted octanol–water partition coefficient (Wildman–Crippen LogP) is 3.04. The van der Waals surface area contributed by atoms with Crippen LogP contribution in [0.2, 0.25) is 5.02 Å². The second-order valence-corrected chi connectivity index (χ2v) is 5.22. The number of rotatable bonds is 4. The van der Waals surface area contributed by atoms with Crippen molar-refractivity contribution in [3.8, 4) is 0 Å². The van der Waals surface area contributed by atoms with Crippen molar-refractivity contribution in [3.05, 3.63) is 70.0 Å². The van der Waals surface area contributed by atoms with Crippen LogP contribution >= 0.6 is 23.8 Å². The number of thiocarbonyl (C=S) groups is 1. The number of nitrogens with one attached hydrogen (secondary N) is 1. The third-order valence-electron chi connectivity index (χ3n) is 2.85. The summed E-state index contributed by atoms with van der Waals surface area (Å²) in [6.07, 6.45) is 0. The molecule has 0 spiro atoms. The molecule has 108 valence electrons. The van der Waals surface area contributed by atoms with Crippen LogP contribution in [0, 0.1) is 5.82 Å². The average molecular weight is 323 g/mol. The maximum absolute atomic E-state index is 13.0.